The Morgan fingerprint density at radius 2 is 2.16 bits per heavy atom. The Hall–Kier alpha value is -2.07. The summed E-state index contributed by atoms with van der Waals surface area (Å²) in [6.07, 6.45) is 1.51. The van der Waals surface area contributed by atoms with Crippen LogP contribution in [0.4, 0.5) is 5.82 Å². The molecular formula is C14H14ClN3O. The van der Waals surface area contributed by atoms with Gasteiger partial charge in [0.25, 0.3) is 5.91 Å². The van der Waals surface area contributed by atoms with Crippen LogP contribution < -0.4 is 11.1 Å². The second-order valence-corrected chi connectivity index (χ2v) is 4.66. The van der Waals surface area contributed by atoms with Crippen molar-refractivity contribution in [2.75, 3.05) is 5.73 Å². The average molecular weight is 276 g/mol. The number of rotatable bonds is 3. The number of hydrogen-bond acceptors (Lipinski definition) is 3. The number of carbonyl (C=O) groups excluding carboxylic acids is 1. The molecular weight excluding hydrogens is 262 g/mol. The molecule has 0 aliphatic carbocycles. The molecule has 3 N–H and O–H groups in total. The van der Waals surface area contributed by atoms with E-state index in [0.717, 1.165) is 5.56 Å². The van der Waals surface area contributed by atoms with Crippen molar-refractivity contribution in [3.63, 3.8) is 0 Å². The molecule has 1 atom stereocenters. The predicted molar refractivity (Wildman–Crippen MR) is 76.0 cm³/mol. The fourth-order valence-corrected chi connectivity index (χ4v) is 1.93. The third-order valence-electron chi connectivity index (χ3n) is 2.74. The Labute approximate surface area is 116 Å². The molecule has 5 heteroatoms. The molecule has 1 unspecified atom stereocenters. The Bertz CT molecular complexity index is 601. The average Bonchev–Trinajstić information content (AvgIpc) is 2.38. The molecule has 0 spiro atoms. The minimum atomic E-state index is -0.193. The van der Waals surface area contributed by atoms with E-state index in [1.165, 1.54) is 6.20 Å². The van der Waals surface area contributed by atoms with Crippen molar-refractivity contribution in [2.24, 2.45) is 0 Å². The van der Waals surface area contributed by atoms with E-state index in [1.807, 2.05) is 25.1 Å². The van der Waals surface area contributed by atoms with E-state index in [4.69, 9.17) is 17.3 Å². The molecule has 1 amide bonds. The minimum Gasteiger partial charge on any atom is -0.384 e. The van der Waals surface area contributed by atoms with Gasteiger partial charge in [0.15, 0.2) is 0 Å². The number of nitrogens with zero attached hydrogens (tertiary/aromatic N) is 1. The first kappa shape index (κ1) is 13.4. The summed E-state index contributed by atoms with van der Waals surface area (Å²) < 4.78 is 0. The maximum absolute atomic E-state index is 12.0. The third kappa shape index (κ3) is 3.45. The van der Waals surface area contributed by atoms with E-state index < -0.39 is 0 Å². The fraction of sp³-hybridized carbons (Fsp3) is 0.143. The van der Waals surface area contributed by atoms with E-state index >= 15 is 0 Å². The Balaban J connectivity index is 2.11. The summed E-state index contributed by atoms with van der Waals surface area (Å²) in [5.74, 6) is 0.129. The molecule has 1 aromatic heterocycles. The number of halogens is 1. The molecule has 0 fully saturated rings. The van der Waals surface area contributed by atoms with Crippen LogP contribution in [0.1, 0.15) is 28.9 Å². The number of nitrogen functional groups attached to an aromatic ring is 1. The van der Waals surface area contributed by atoms with Gasteiger partial charge in [-0.2, -0.15) is 0 Å². The molecule has 19 heavy (non-hydrogen) atoms. The van der Waals surface area contributed by atoms with Gasteiger partial charge >= 0.3 is 0 Å². The lowest BCUT2D eigenvalue weighted by Gasteiger charge is -2.14. The number of aromatic nitrogens is 1. The predicted octanol–water partition coefficient (Wildman–Crippen LogP) is 2.81. The SMILES string of the molecule is CC(NC(=O)c1ccnc(N)c1)c1cccc(Cl)c1. The minimum absolute atomic E-state index is 0.138. The molecule has 0 bridgehead atoms. The largest absolute Gasteiger partial charge is 0.384 e. The molecule has 0 radical (unpaired) electrons. The van der Waals surface area contributed by atoms with E-state index in [0.29, 0.717) is 16.4 Å². The van der Waals surface area contributed by atoms with E-state index in [2.05, 4.69) is 10.3 Å². The number of carbonyl (C=O) groups is 1. The smallest absolute Gasteiger partial charge is 0.251 e. The van der Waals surface area contributed by atoms with Crippen molar-refractivity contribution in [3.05, 3.63) is 58.7 Å². The number of anilines is 1. The van der Waals surface area contributed by atoms with Crippen molar-refractivity contribution >= 4 is 23.3 Å². The highest BCUT2D eigenvalue weighted by Crippen LogP contribution is 2.17. The lowest BCUT2D eigenvalue weighted by Crippen LogP contribution is -2.26. The molecule has 2 rings (SSSR count). The van der Waals surface area contributed by atoms with Crippen molar-refractivity contribution in [1.29, 1.82) is 0 Å². The van der Waals surface area contributed by atoms with Gasteiger partial charge in [-0.25, -0.2) is 4.98 Å². The normalized spacial score (nSPS) is 11.9. The lowest BCUT2D eigenvalue weighted by atomic mass is 10.1. The van der Waals surface area contributed by atoms with Crippen LogP contribution in [-0.2, 0) is 0 Å². The van der Waals surface area contributed by atoms with Crippen molar-refractivity contribution in [2.45, 2.75) is 13.0 Å². The molecule has 0 aliphatic rings. The first-order chi connectivity index (χ1) is 9.06. The van der Waals surface area contributed by atoms with Crippen molar-refractivity contribution in [3.8, 4) is 0 Å². The van der Waals surface area contributed by atoms with Gasteiger partial charge in [-0.1, -0.05) is 23.7 Å². The topological polar surface area (TPSA) is 68.0 Å². The second kappa shape index (κ2) is 5.71. The molecule has 1 heterocycles. The van der Waals surface area contributed by atoms with E-state index in [9.17, 15) is 4.79 Å². The highest BCUT2D eigenvalue weighted by atomic mass is 35.5. The zero-order valence-electron chi connectivity index (χ0n) is 10.4. The second-order valence-electron chi connectivity index (χ2n) is 4.22. The molecule has 2 aromatic rings. The summed E-state index contributed by atoms with van der Waals surface area (Å²) in [7, 11) is 0. The molecule has 98 valence electrons. The van der Waals surface area contributed by atoms with Gasteiger partial charge < -0.3 is 11.1 Å². The Morgan fingerprint density at radius 1 is 1.37 bits per heavy atom. The van der Waals surface area contributed by atoms with Gasteiger partial charge in [-0.3, -0.25) is 4.79 Å². The van der Waals surface area contributed by atoms with Gasteiger partial charge in [0.1, 0.15) is 5.82 Å². The number of amides is 1. The number of nitrogens with two attached hydrogens (primary N) is 1. The van der Waals surface area contributed by atoms with Crippen LogP contribution in [0.15, 0.2) is 42.6 Å². The molecule has 1 aromatic carbocycles. The molecule has 0 aliphatic heterocycles. The summed E-state index contributed by atoms with van der Waals surface area (Å²) in [5.41, 5.74) is 6.98. The maximum atomic E-state index is 12.0. The van der Waals surface area contributed by atoms with Crippen LogP contribution in [0.2, 0.25) is 5.02 Å². The number of hydrogen-bond donors (Lipinski definition) is 2. The van der Waals surface area contributed by atoms with Crippen LogP contribution in [0.5, 0.6) is 0 Å². The standard InChI is InChI=1S/C14H14ClN3O/c1-9(10-3-2-4-12(15)7-10)18-14(19)11-5-6-17-13(16)8-11/h2-9H,1H3,(H2,16,17)(H,18,19). The lowest BCUT2D eigenvalue weighted by molar-refractivity contribution is 0.0940. The van der Waals surface area contributed by atoms with E-state index in [-0.39, 0.29) is 11.9 Å². The quantitative estimate of drug-likeness (QED) is 0.905. The van der Waals surface area contributed by atoms with Crippen molar-refractivity contribution < 1.29 is 4.79 Å². The first-order valence-electron chi connectivity index (χ1n) is 5.84. The maximum Gasteiger partial charge on any atom is 0.251 e. The monoisotopic (exact) mass is 275 g/mol. The third-order valence-corrected chi connectivity index (χ3v) is 2.97. The Morgan fingerprint density at radius 3 is 2.84 bits per heavy atom. The summed E-state index contributed by atoms with van der Waals surface area (Å²) in [6, 6.07) is 10.4. The molecule has 0 saturated carbocycles. The highest BCUT2D eigenvalue weighted by molar-refractivity contribution is 6.30. The zero-order chi connectivity index (χ0) is 13.8. The van der Waals surface area contributed by atoms with Crippen LogP contribution in [-0.4, -0.2) is 10.9 Å². The van der Waals surface area contributed by atoms with Crippen molar-refractivity contribution in [1.82, 2.24) is 10.3 Å². The molecule has 4 nitrogen and oxygen atoms in total. The van der Waals surface area contributed by atoms with Crippen LogP contribution >= 0.6 is 11.6 Å². The van der Waals surface area contributed by atoms with Gasteiger partial charge in [0, 0.05) is 16.8 Å². The van der Waals surface area contributed by atoms with E-state index in [1.54, 1.807) is 18.2 Å². The first-order valence-corrected chi connectivity index (χ1v) is 6.22. The van der Waals surface area contributed by atoms with Gasteiger partial charge in [0.05, 0.1) is 6.04 Å². The van der Waals surface area contributed by atoms with Gasteiger partial charge in [-0.15, -0.1) is 0 Å². The highest BCUT2D eigenvalue weighted by Gasteiger charge is 2.11. The van der Waals surface area contributed by atoms with Crippen LogP contribution in [0.3, 0.4) is 0 Å². The summed E-state index contributed by atoms with van der Waals surface area (Å²) in [4.78, 5) is 15.9. The van der Waals surface area contributed by atoms with Crippen LogP contribution in [0.25, 0.3) is 0 Å². The van der Waals surface area contributed by atoms with Gasteiger partial charge in [-0.05, 0) is 36.8 Å². The van der Waals surface area contributed by atoms with Gasteiger partial charge in [0.2, 0.25) is 0 Å². The fourth-order valence-electron chi connectivity index (χ4n) is 1.73. The number of benzene rings is 1. The van der Waals surface area contributed by atoms with Crippen LogP contribution in [0, 0.1) is 0 Å². The number of nitrogens with one attached hydrogen (secondary N) is 1. The summed E-state index contributed by atoms with van der Waals surface area (Å²) in [6.45, 7) is 1.90. The zero-order valence-corrected chi connectivity index (χ0v) is 11.2. The number of pyridine rings is 1. The summed E-state index contributed by atoms with van der Waals surface area (Å²) >= 11 is 5.93. The summed E-state index contributed by atoms with van der Waals surface area (Å²) in [5, 5.41) is 3.53. The Kier molecular flexibility index (Phi) is 4.02. The molecule has 0 saturated heterocycles.